The van der Waals surface area contributed by atoms with Gasteiger partial charge in [0.1, 0.15) is 5.75 Å². The Bertz CT molecular complexity index is 673. The maximum Gasteiger partial charge on any atom is 0.387 e. The van der Waals surface area contributed by atoms with E-state index in [9.17, 15) is 13.6 Å². The van der Waals surface area contributed by atoms with E-state index in [1.165, 1.54) is 12.1 Å². The fourth-order valence-corrected chi connectivity index (χ4v) is 2.08. The van der Waals surface area contributed by atoms with E-state index in [2.05, 4.69) is 15.4 Å². The quantitative estimate of drug-likeness (QED) is 0.847. The molecule has 0 aromatic heterocycles. The van der Waals surface area contributed by atoms with Crippen LogP contribution >= 0.6 is 0 Å². The summed E-state index contributed by atoms with van der Waals surface area (Å²) in [6.45, 7) is 1.14. The van der Waals surface area contributed by atoms with Crippen LogP contribution in [0, 0.1) is 13.8 Å². The molecule has 0 unspecified atom stereocenters. The van der Waals surface area contributed by atoms with E-state index in [1.54, 1.807) is 12.1 Å². The number of halogens is 2. The summed E-state index contributed by atoms with van der Waals surface area (Å²) in [5, 5.41) is 5.74. The van der Waals surface area contributed by atoms with Crippen molar-refractivity contribution in [1.29, 1.82) is 0 Å². The summed E-state index contributed by atoms with van der Waals surface area (Å²) in [4.78, 5) is 11.9. The first-order chi connectivity index (χ1) is 10.9. The van der Waals surface area contributed by atoms with Gasteiger partial charge in [-0.1, -0.05) is 17.7 Å². The summed E-state index contributed by atoms with van der Waals surface area (Å²) in [6.07, 6.45) is 0. The van der Waals surface area contributed by atoms with Crippen molar-refractivity contribution in [1.82, 2.24) is 0 Å². The van der Waals surface area contributed by atoms with Gasteiger partial charge in [0.2, 0.25) is 5.91 Å². The maximum absolute atomic E-state index is 12.0. The van der Waals surface area contributed by atoms with Crippen LogP contribution in [0.4, 0.5) is 20.2 Å². The number of anilines is 2. The number of hydrogen-bond acceptors (Lipinski definition) is 3. The zero-order chi connectivity index (χ0) is 16.8. The SMILES string of the molecule is Cc1ccc(NC(=O)CNc2ccc(OC(F)F)cc2)c(C)c1. The molecule has 6 heteroatoms. The number of aryl methyl sites for hydroxylation is 2. The Morgan fingerprint density at radius 1 is 1.13 bits per heavy atom. The topological polar surface area (TPSA) is 50.4 Å². The Morgan fingerprint density at radius 3 is 2.43 bits per heavy atom. The number of nitrogens with one attached hydrogen (secondary N) is 2. The molecule has 0 radical (unpaired) electrons. The molecule has 4 nitrogen and oxygen atoms in total. The Morgan fingerprint density at radius 2 is 1.83 bits per heavy atom. The van der Waals surface area contributed by atoms with Gasteiger partial charge in [-0.15, -0.1) is 0 Å². The van der Waals surface area contributed by atoms with Crippen molar-refractivity contribution in [2.45, 2.75) is 20.5 Å². The Kier molecular flexibility index (Phi) is 5.51. The van der Waals surface area contributed by atoms with E-state index >= 15 is 0 Å². The third-order valence-corrected chi connectivity index (χ3v) is 3.19. The molecule has 0 aliphatic carbocycles. The van der Waals surface area contributed by atoms with E-state index in [4.69, 9.17) is 0 Å². The van der Waals surface area contributed by atoms with Crippen LogP contribution in [0.5, 0.6) is 5.75 Å². The molecule has 2 N–H and O–H groups in total. The summed E-state index contributed by atoms with van der Waals surface area (Å²) in [5.74, 6) is -0.116. The number of amides is 1. The highest BCUT2D eigenvalue weighted by Gasteiger charge is 2.06. The summed E-state index contributed by atoms with van der Waals surface area (Å²) in [5.41, 5.74) is 3.53. The van der Waals surface area contributed by atoms with Crippen molar-refractivity contribution < 1.29 is 18.3 Å². The van der Waals surface area contributed by atoms with E-state index in [0.29, 0.717) is 5.69 Å². The molecule has 0 saturated carbocycles. The van der Waals surface area contributed by atoms with Gasteiger partial charge in [0.05, 0.1) is 6.54 Å². The highest BCUT2D eigenvalue weighted by molar-refractivity contribution is 5.94. The number of carbonyl (C=O) groups excluding carboxylic acids is 1. The number of alkyl halides is 2. The van der Waals surface area contributed by atoms with Crippen LogP contribution in [0.3, 0.4) is 0 Å². The third kappa shape index (κ3) is 5.25. The molecule has 0 saturated heterocycles. The second kappa shape index (κ2) is 7.58. The zero-order valence-corrected chi connectivity index (χ0v) is 12.9. The smallest absolute Gasteiger partial charge is 0.387 e. The van der Waals surface area contributed by atoms with E-state index in [1.807, 2.05) is 32.0 Å². The van der Waals surface area contributed by atoms with Crippen molar-refractivity contribution in [3.8, 4) is 5.75 Å². The Balaban J connectivity index is 1.86. The van der Waals surface area contributed by atoms with Crippen LogP contribution in [0.15, 0.2) is 42.5 Å². The standard InChI is InChI=1S/C17H18F2N2O2/c1-11-3-8-15(12(2)9-11)21-16(22)10-20-13-4-6-14(7-5-13)23-17(18)19/h3-9,17,20H,10H2,1-2H3,(H,21,22). The molecule has 0 atom stereocenters. The average Bonchev–Trinajstić information content (AvgIpc) is 2.49. The first-order valence-corrected chi connectivity index (χ1v) is 7.10. The van der Waals surface area contributed by atoms with Crippen LogP contribution < -0.4 is 15.4 Å². The number of ether oxygens (including phenoxy) is 1. The fourth-order valence-electron chi connectivity index (χ4n) is 2.08. The minimum atomic E-state index is -2.85. The van der Waals surface area contributed by atoms with Gasteiger partial charge in [0.15, 0.2) is 0 Å². The van der Waals surface area contributed by atoms with Gasteiger partial charge in [-0.05, 0) is 49.7 Å². The first kappa shape index (κ1) is 16.7. The van der Waals surface area contributed by atoms with Gasteiger partial charge in [-0.2, -0.15) is 8.78 Å². The molecule has 122 valence electrons. The van der Waals surface area contributed by atoms with Crippen LogP contribution in [0.2, 0.25) is 0 Å². The molecule has 2 aromatic carbocycles. The average molecular weight is 320 g/mol. The van der Waals surface area contributed by atoms with Crippen LogP contribution in [-0.2, 0) is 4.79 Å². The second-order valence-electron chi connectivity index (χ2n) is 5.12. The van der Waals surface area contributed by atoms with E-state index in [0.717, 1.165) is 16.8 Å². The first-order valence-electron chi connectivity index (χ1n) is 7.10. The number of benzene rings is 2. The Hall–Kier alpha value is -2.63. The van der Waals surface area contributed by atoms with Crippen LogP contribution in [0.25, 0.3) is 0 Å². The van der Waals surface area contributed by atoms with Crippen molar-refractivity contribution in [2.75, 3.05) is 17.2 Å². The van der Waals surface area contributed by atoms with Crippen LogP contribution in [0.1, 0.15) is 11.1 Å². The molecule has 0 heterocycles. The lowest BCUT2D eigenvalue weighted by atomic mass is 10.1. The maximum atomic E-state index is 12.0. The summed E-state index contributed by atoms with van der Waals surface area (Å²) < 4.78 is 28.4. The summed E-state index contributed by atoms with van der Waals surface area (Å²) in [7, 11) is 0. The zero-order valence-electron chi connectivity index (χ0n) is 12.9. The summed E-state index contributed by atoms with van der Waals surface area (Å²) >= 11 is 0. The minimum Gasteiger partial charge on any atom is -0.435 e. The van der Waals surface area contributed by atoms with Gasteiger partial charge < -0.3 is 15.4 Å². The van der Waals surface area contributed by atoms with E-state index < -0.39 is 6.61 Å². The molecule has 0 aliphatic rings. The lowest BCUT2D eigenvalue weighted by molar-refractivity contribution is -0.114. The predicted octanol–water partition coefficient (Wildman–Crippen LogP) is 3.96. The number of carbonyl (C=O) groups is 1. The fraction of sp³-hybridized carbons (Fsp3) is 0.235. The van der Waals surface area contributed by atoms with Crippen molar-refractivity contribution in [3.05, 3.63) is 53.6 Å². The van der Waals surface area contributed by atoms with Crippen molar-refractivity contribution in [2.24, 2.45) is 0 Å². The monoisotopic (exact) mass is 320 g/mol. The molecular weight excluding hydrogens is 302 g/mol. The van der Waals surface area contributed by atoms with Gasteiger partial charge >= 0.3 is 6.61 Å². The van der Waals surface area contributed by atoms with E-state index in [-0.39, 0.29) is 18.2 Å². The highest BCUT2D eigenvalue weighted by Crippen LogP contribution is 2.18. The largest absolute Gasteiger partial charge is 0.435 e. The molecule has 2 aromatic rings. The molecule has 0 aliphatic heterocycles. The lowest BCUT2D eigenvalue weighted by Gasteiger charge is -2.11. The molecule has 23 heavy (non-hydrogen) atoms. The highest BCUT2D eigenvalue weighted by atomic mass is 19.3. The molecule has 2 rings (SSSR count). The molecule has 1 amide bonds. The third-order valence-electron chi connectivity index (χ3n) is 3.19. The molecule has 0 spiro atoms. The van der Waals surface area contributed by atoms with Gasteiger partial charge in [0.25, 0.3) is 0 Å². The molecule has 0 fully saturated rings. The molecular formula is C17H18F2N2O2. The minimum absolute atomic E-state index is 0.0718. The predicted molar refractivity (Wildman–Crippen MR) is 86.1 cm³/mol. The Labute approximate surface area is 133 Å². The molecule has 0 bridgehead atoms. The number of rotatable bonds is 6. The van der Waals surface area contributed by atoms with Crippen molar-refractivity contribution in [3.63, 3.8) is 0 Å². The van der Waals surface area contributed by atoms with Crippen molar-refractivity contribution >= 4 is 17.3 Å². The summed E-state index contributed by atoms with van der Waals surface area (Å²) in [6, 6.07) is 11.7. The second-order valence-corrected chi connectivity index (χ2v) is 5.12. The van der Waals surface area contributed by atoms with Crippen LogP contribution in [-0.4, -0.2) is 19.1 Å². The normalized spacial score (nSPS) is 10.5. The number of hydrogen-bond donors (Lipinski definition) is 2. The van der Waals surface area contributed by atoms with Gasteiger partial charge in [0, 0.05) is 11.4 Å². The van der Waals surface area contributed by atoms with Gasteiger partial charge in [-0.25, -0.2) is 0 Å². The van der Waals surface area contributed by atoms with Gasteiger partial charge in [-0.3, -0.25) is 4.79 Å². The lowest BCUT2D eigenvalue weighted by Crippen LogP contribution is -2.22.